The molecule has 0 spiro atoms. The molecule has 2 bridgehead atoms. The second-order valence-corrected chi connectivity index (χ2v) is 6.54. The third kappa shape index (κ3) is 2.76. The smallest absolute Gasteiger partial charge is 0.229 e. The largest absolute Gasteiger partial charge is 0.325 e. The van der Waals surface area contributed by atoms with Gasteiger partial charge in [0, 0.05) is 22.7 Å². The number of hydrogen-bond acceptors (Lipinski definition) is 3. The Bertz CT molecular complexity index is 517. The first-order valence-electron chi connectivity index (χ1n) is 7.17. The summed E-state index contributed by atoms with van der Waals surface area (Å²) in [7, 11) is 0. The number of benzene rings is 1. The van der Waals surface area contributed by atoms with Crippen LogP contribution in [0.4, 0.5) is 5.69 Å². The minimum atomic E-state index is 0.131. The first kappa shape index (κ1) is 13.7. The molecule has 2 fully saturated rings. The third-order valence-corrected chi connectivity index (χ3v) is 5.21. The van der Waals surface area contributed by atoms with E-state index in [2.05, 4.69) is 17.2 Å². The van der Waals surface area contributed by atoms with Gasteiger partial charge in [-0.15, -0.1) is 18.3 Å². The van der Waals surface area contributed by atoms with Crippen LogP contribution in [0.3, 0.4) is 0 Å². The Labute approximate surface area is 124 Å². The molecule has 3 rings (SSSR count). The van der Waals surface area contributed by atoms with Crippen molar-refractivity contribution in [2.24, 2.45) is 5.92 Å². The summed E-state index contributed by atoms with van der Waals surface area (Å²) >= 11 is 1.70. The number of fused-ring (bicyclic) bond motifs is 2. The first-order chi connectivity index (χ1) is 9.78. The maximum atomic E-state index is 12.5. The number of thioether (sulfide) groups is 1. The number of anilines is 1. The van der Waals surface area contributed by atoms with Crippen LogP contribution in [0.1, 0.15) is 19.3 Å². The Kier molecular flexibility index (Phi) is 4.13. The van der Waals surface area contributed by atoms with Crippen LogP contribution in [0.15, 0.2) is 41.8 Å². The van der Waals surface area contributed by atoms with Gasteiger partial charge < -0.3 is 10.6 Å². The molecule has 3 atom stereocenters. The fourth-order valence-electron chi connectivity index (χ4n) is 3.18. The Balaban J connectivity index is 1.68. The van der Waals surface area contributed by atoms with Crippen molar-refractivity contribution in [3.8, 4) is 0 Å². The molecule has 3 unspecified atom stereocenters. The minimum absolute atomic E-state index is 0.131. The van der Waals surface area contributed by atoms with E-state index in [0.717, 1.165) is 29.2 Å². The van der Waals surface area contributed by atoms with E-state index in [4.69, 9.17) is 0 Å². The topological polar surface area (TPSA) is 41.1 Å². The summed E-state index contributed by atoms with van der Waals surface area (Å²) in [6.07, 6.45) is 5.22. The van der Waals surface area contributed by atoms with E-state index in [-0.39, 0.29) is 11.8 Å². The number of rotatable bonds is 5. The van der Waals surface area contributed by atoms with Gasteiger partial charge in [0.25, 0.3) is 0 Å². The molecule has 20 heavy (non-hydrogen) atoms. The van der Waals surface area contributed by atoms with Gasteiger partial charge in [-0.05, 0) is 31.4 Å². The Hall–Kier alpha value is -1.26. The molecule has 3 nitrogen and oxygen atoms in total. The van der Waals surface area contributed by atoms with Gasteiger partial charge in [0.05, 0.1) is 11.6 Å². The van der Waals surface area contributed by atoms with Crippen molar-refractivity contribution in [2.45, 2.75) is 36.2 Å². The van der Waals surface area contributed by atoms with E-state index < -0.39 is 0 Å². The maximum Gasteiger partial charge on any atom is 0.229 e. The van der Waals surface area contributed by atoms with Crippen molar-refractivity contribution >= 4 is 23.4 Å². The van der Waals surface area contributed by atoms with Gasteiger partial charge in [-0.3, -0.25) is 4.79 Å². The lowest BCUT2D eigenvalue weighted by molar-refractivity contribution is -0.120. The molecule has 2 saturated heterocycles. The van der Waals surface area contributed by atoms with Gasteiger partial charge >= 0.3 is 0 Å². The summed E-state index contributed by atoms with van der Waals surface area (Å²) < 4.78 is 0. The molecule has 1 amide bonds. The normalized spacial score (nSPS) is 27.5. The summed E-state index contributed by atoms with van der Waals surface area (Å²) in [5, 5.41) is 6.63. The van der Waals surface area contributed by atoms with E-state index in [0.29, 0.717) is 12.1 Å². The molecule has 2 aliphatic heterocycles. The number of carbonyl (C=O) groups excluding carboxylic acids is 1. The van der Waals surface area contributed by atoms with Gasteiger partial charge in [-0.1, -0.05) is 18.2 Å². The maximum absolute atomic E-state index is 12.5. The van der Waals surface area contributed by atoms with E-state index in [1.54, 1.807) is 11.8 Å². The second-order valence-electron chi connectivity index (χ2n) is 5.47. The van der Waals surface area contributed by atoms with Crippen molar-refractivity contribution in [1.29, 1.82) is 0 Å². The van der Waals surface area contributed by atoms with Crippen molar-refractivity contribution in [3.63, 3.8) is 0 Å². The van der Waals surface area contributed by atoms with Crippen LogP contribution in [-0.2, 0) is 4.79 Å². The lowest BCUT2D eigenvalue weighted by Crippen LogP contribution is -2.32. The van der Waals surface area contributed by atoms with Crippen molar-refractivity contribution in [1.82, 2.24) is 5.32 Å². The highest BCUT2D eigenvalue weighted by Crippen LogP contribution is 2.35. The minimum Gasteiger partial charge on any atom is -0.325 e. The molecule has 0 aliphatic carbocycles. The first-order valence-corrected chi connectivity index (χ1v) is 8.16. The highest BCUT2D eigenvalue weighted by Gasteiger charge is 2.42. The third-order valence-electron chi connectivity index (χ3n) is 4.14. The Morgan fingerprint density at radius 3 is 3.00 bits per heavy atom. The van der Waals surface area contributed by atoms with E-state index in [9.17, 15) is 4.79 Å². The number of nitrogens with one attached hydrogen (secondary N) is 2. The fraction of sp³-hybridized carbons (Fsp3) is 0.438. The summed E-state index contributed by atoms with van der Waals surface area (Å²) in [5.41, 5.74) is 0.923. The molecule has 4 heteroatoms. The van der Waals surface area contributed by atoms with Gasteiger partial charge in [-0.25, -0.2) is 0 Å². The van der Waals surface area contributed by atoms with Gasteiger partial charge in [0.2, 0.25) is 5.91 Å². The van der Waals surface area contributed by atoms with Gasteiger partial charge in [0.15, 0.2) is 0 Å². The predicted octanol–water partition coefficient (Wildman–Crippen LogP) is 3.04. The molecule has 0 radical (unpaired) electrons. The van der Waals surface area contributed by atoms with Crippen LogP contribution < -0.4 is 10.6 Å². The SMILES string of the molecule is C=CCSc1ccccc1NC(=O)C1CC2CCC1N2. The summed E-state index contributed by atoms with van der Waals surface area (Å²) in [6, 6.07) is 8.92. The Morgan fingerprint density at radius 2 is 2.30 bits per heavy atom. The lowest BCUT2D eigenvalue weighted by Gasteiger charge is -2.20. The molecule has 1 aromatic carbocycles. The second kappa shape index (κ2) is 6.02. The Morgan fingerprint density at radius 1 is 1.45 bits per heavy atom. The number of para-hydroxylation sites is 1. The molecule has 0 aromatic heterocycles. The number of carbonyl (C=O) groups is 1. The molecule has 2 aliphatic rings. The van der Waals surface area contributed by atoms with Crippen molar-refractivity contribution < 1.29 is 4.79 Å². The summed E-state index contributed by atoms with van der Waals surface area (Å²) in [6.45, 7) is 3.74. The molecular formula is C16H20N2OS. The van der Waals surface area contributed by atoms with Crippen LogP contribution in [0.5, 0.6) is 0 Å². The van der Waals surface area contributed by atoms with Crippen molar-refractivity contribution in [3.05, 3.63) is 36.9 Å². The predicted molar refractivity (Wildman–Crippen MR) is 84.0 cm³/mol. The summed E-state index contributed by atoms with van der Waals surface area (Å²) in [5.74, 6) is 1.14. The van der Waals surface area contributed by atoms with E-state index in [1.807, 2.05) is 30.3 Å². The lowest BCUT2D eigenvalue weighted by atomic mass is 9.88. The molecule has 0 saturated carbocycles. The standard InChI is InChI=1S/C16H20N2OS/c1-2-9-20-15-6-4-3-5-14(15)18-16(19)12-10-11-7-8-13(12)17-11/h2-6,11-13,17H,1,7-10H2,(H,18,19). The molecule has 106 valence electrons. The van der Waals surface area contributed by atoms with Crippen LogP contribution in [-0.4, -0.2) is 23.7 Å². The van der Waals surface area contributed by atoms with Crippen LogP contribution in [0, 0.1) is 5.92 Å². The quantitative estimate of drug-likeness (QED) is 0.646. The van der Waals surface area contributed by atoms with E-state index in [1.165, 1.54) is 6.42 Å². The number of hydrogen-bond donors (Lipinski definition) is 2. The summed E-state index contributed by atoms with van der Waals surface area (Å²) in [4.78, 5) is 13.6. The van der Waals surface area contributed by atoms with E-state index >= 15 is 0 Å². The molecular weight excluding hydrogens is 268 g/mol. The monoisotopic (exact) mass is 288 g/mol. The highest BCUT2D eigenvalue weighted by atomic mass is 32.2. The zero-order chi connectivity index (χ0) is 13.9. The molecule has 1 aromatic rings. The zero-order valence-corrected chi connectivity index (χ0v) is 12.3. The van der Waals surface area contributed by atoms with Gasteiger partial charge in [-0.2, -0.15) is 0 Å². The van der Waals surface area contributed by atoms with Crippen LogP contribution in [0.25, 0.3) is 0 Å². The fourth-order valence-corrected chi connectivity index (χ4v) is 3.93. The average Bonchev–Trinajstić information content (AvgIpc) is 3.09. The van der Waals surface area contributed by atoms with Crippen LogP contribution >= 0.6 is 11.8 Å². The highest BCUT2D eigenvalue weighted by molar-refractivity contribution is 7.99. The average molecular weight is 288 g/mol. The molecule has 2 N–H and O–H groups in total. The molecule has 2 heterocycles. The van der Waals surface area contributed by atoms with Gasteiger partial charge in [0.1, 0.15) is 0 Å². The van der Waals surface area contributed by atoms with Crippen molar-refractivity contribution in [2.75, 3.05) is 11.1 Å². The number of amides is 1. The zero-order valence-electron chi connectivity index (χ0n) is 11.5. The van der Waals surface area contributed by atoms with Crippen LogP contribution in [0.2, 0.25) is 0 Å².